The van der Waals surface area contributed by atoms with Gasteiger partial charge in [-0.3, -0.25) is 0 Å². The maximum absolute atomic E-state index is 5.78. The summed E-state index contributed by atoms with van der Waals surface area (Å²) in [6.07, 6.45) is 2.23. The van der Waals surface area contributed by atoms with Gasteiger partial charge < -0.3 is 9.47 Å². The van der Waals surface area contributed by atoms with Crippen molar-refractivity contribution >= 4 is 0 Å². The van der Waals surface area contributed by atoms with Crippen LogP contribution in [0.25, 0.3) is 0 Å². The molecule has 0 aromatic heterocycles. The van der Waals surface area contributed by atoms with E-state index in [1.807, 2.05) is 0 Å². The quantitative estimate of drug-likeness (QED) is 0.666. The van der Waals surface area contributed by atoms with Gasteiger partial charge in [-0.1, -0.05) is 13.8 Å². The van der Waals surface area contributed by atoms with Crippen LogP contribution in [-0.4, -0.2) is 13.2 Å². The van der Waals surface area contributed by atoms with Gasteiger partial charge in [-0.05, 0) is 47.9 Å². The van der Waals surface area contributed by atoms with Gasteiger partial charge in [-0.25, -0.2) is 0 Å². The first-order chi connectivity index (χ1) is 7.72. The minimum atomic E-state index is 0.619. The zero-order valence-electron chi connectivity index (χ0n) is 9.95. The molecule has 1 aromatic carbocycles. The molecular formula is C14H18O2. The monoisotopic (exact) mass is 218 g/mol. The minimum absolute atomic E-state index is 0.619. The molecule has 16 heavy (non-hydrogen) atoms. The molecule has 1 aromatic rings. The van der Waals surface area contributed by atoms with Gasteiger partial charge in [0.2, 0.25) is 0 Å². The first kappa shape index (κ1) is 10.0. The summed E-state index contributed by atoms with van der Waals surface area (Å²) in [5, 5.41) is 0. The molecule has 0 amide bonds. The average molecular weight is 218 g/mol. The molecule has 86 valence electrons. The van der Waals surface area contributed by atoms with Crippen molar-refractivity contribution in [3.8, 4) is 11.5 Å². The van der Waals surface area contributed by atoms with E-state index in [0.717, 1.165) is 37.6 Å². The van der Waals surface area contributed by atoms with Crippen LogP contribution in [0, 0.1) is 11.8 Å². The second-order valence-corrected chi connectivity index (χ2v) is 5.31. The van der Waals surface area contributed by atoms with Gasteiger partial charge in [0.1, 0.15) is 11.5 Å². The number of hydrogen-bond donors (Lipinski definition) is 0. The number of rotatable bonds is 0. The molecule has 0 radical (unpaired) electrons. The second kappa shape index (κ2) is 3.69. The maximum Gasteiger partial charge on any atom is 0.123 e. The third kappa shape index (κ3) is 1.66. The molecule has 2 heteroatoms. The Morgan fingerprint density at radius 3 is 1.75 bits per heavy atom. The van der Waals surface area contributed by atoms with Crippen molar-refractivity contribution in [1.82, 2.24) is 0 Å². The minimum Gasteiger partial charge on any atom is -0.493 e. The molecule has 2 aliphatic rings. The summed E-state index contributed by atoms with van der Waals surface area (Å²) in [5.74, 6) is 3.39. The van der Waals surface area contributed by atoms with Crippen LogP contribution in [0.5, 0.6) is 11.5 Å². The summed E-state index contributed by atoms with van der Waals surface area (Å²) >= 11 is 0. The fraction of sp³-hybridized carbons (Fsp3) is 0.571. The lowest BCUT2D eigenvalue weighted by molar-refractivity contribution is 0.219. The van der Waals surface area contributed by atoms with E-state index in [1.54, 1.807) is 0 Å². The van der Waals surface area contributed by atoms with Crippen molar-refractivity contribution < 1.29 is 9.47 Å². The van der Waals surface area contributed by atoms with E-state index >= 15 is 0 Å². The van der Waals surface area contributed by atoms with Gasteiger partial charge in [0, 0.05) is 0 Å². The fourth-order valence-electron chi connectivity index (χ4n) is 2.56. The average Bonchev–Trinajstić information content (AvgIpc) is 2.26. The molecule has 2 nitrogen and oxygen atoms in total. The summed E-state index contributed by atoms with van der Waals surface area (Å²) in [7, 11) is 0. The Bertz CT molecular complexity index is 372. The highest BCUT2D eigenvalue weighted by atomic mass is 16.5. The molecule has 0 spiro atoms. The van der Waals surface area contributed by atoms with Gasteiger partial charge in [-0.15, -0.1) is 0 Å². The largest absolute Gasteiger partial charge is 0.493 e. The third-order valence-electron chi connectivity index (χ3n) is 3.43. The Kier molecular flexibility index (Phi) is 2.31. The first-order valence-electron chi connectivity index (χ1n) is 6.14. The molecule has 0 bridgehead atoms. The fourth-order valence-corrected chi connectivity index (χ4v) is 2.56. The van der Waals surface area contributed by atoms with Crippen molar-refractivity contribution in [2.75, 3.05) is 13.2 Å². The highest BCUT2D eigenvalue weighted by Gasteiger charge is 2.22. The number of fused-ring (bicyclic) bond motifs is 2. The molecule has 0 saturated carbocycles. The summed E-state index contributed by atoms with van der Waals surface area (Å²) in [6, 6.07) is 4.37. The molecule has 0 fully saturated rings. The van der Waals surface area contributed by atoms with Crippen LogP contribution in [0.2, 0.25) is 0 Å². The molecule has 2 unspecified atom stereocenters. The van der Waals surface area contributed by atoms with Crippen molar-refractivity contribution in [1.29, 1.82) is 0 Å². The molecular weight excluding hydrogens is 200 g/mol. The molecule has 0 N–H and O–H groups in total. The third-order valence-corrected chi connectivity index (χ3v) is 3.43. The highest BCUT2D eigenvalue weighted by Crippen LogP contribution is 2.36. The number of benzene rings is 1. The van der Waals surface area contributed by atoms with E-state index in [1.165, 1.54) is 11.1 Å². The summed E-state index contributed by atoms with van der Waals surface area (Å²) in [5.41, 5.74) is 2.62. The van der Waals surface area contributed by atoms with E-state index < -0.39 is 0 Å². The van der Waals surface area contributed by atoms with E-state index in [2.05, 4.69) is 26.0 Å². The Labute approximate surface area is 96.6 Å². The summed E-state index contributed by atoms with van der Waals surface area (Å²) in [4.78, 5) is 0. The Hall–Kier alpha value is -1.18. The van der Waals surface area contributed by atoms with Crippen LogP contribution < -0.4 is 9.47 Å². The van der Waals surface area contributed by atoms with Gasteiger partial charge >= 0.3 is 0 Å². The topological polar surface area (TPSA) is 18.5 Å². The SMILES string of the molecule is CC1COc2cc3c(cc2C1)OCC(C)C3. The van der Waals surface area contributed by atoms with Crippen LogP contribution in [0.3, 0.4) is 0 Å². The zero-order valence-corrected chi connectivity index (χ0v) is 9.95. The van der Waals surface area contributed by atoms with Gasteiger partial charge in [-0.2, -0.15) is 0 Å². The van der Waals surface area contributed by atoms with Crippen molar-refractivity contribution in [2.24, 2.45) is 11.8 Å². The van der Waals surface area contributed by atoms with Crippen molar-refractivity contribution in [3.05, 3.63) is 23.3 Å². The van der Waals surface area contributed by atoms with E-state index in [0.29, 0.717) is 11.8 Å². The Morgan fingerprint density at radius 2 is 1.31 bits per heavy atom. The van der Waals surface area contributed by atoms with Gasteiger partial charge in [0.05, 0.1) is 13.2 Å². The lowest BCUT2D eigenvalue weighted by Crippen LogP contribution is -2.21. The standard InChI is InChI=1S/C14H18O2/c1-9-3-11-5-14-12(4-10(2)8-16-14)6-13(11)15-7-9/h5-6,9-10H,3-4,7-8H2,1-2H3. The van der Waals surface area contributed by atoms with Gasteiger partial charge in [0.25, 0.3) is 0 Å². The molecule has 2 aliphatic heterocycles. The summed E-state index contributed by atoms with van der Waals surface area (Å²) < 4.78 is 11.6. The smallest absolute Gasteiger partial charge is 0.123 e. The van der Waals surface area contributed by atoms with Gasteiger partial charge in [0.15, 0.2) is 0 Å². The van der Waals surface area contributed by atoms with Crippen LogP contribution in [-0.2, 0) is 12.8 Å². The predicted octanol–water partition coefficient (Wildman–Crippen LogP) is 2.83. The number of ether oxygens (including phenoxy) is 2. The van der Waals surface area contributed by atoms with E-state index in [-0.39, 0.29) is 0 Å². The highest BCUT2D eigenvalue weighted by molar-refractivity contribution is 5.48. The van der Waals surface area contributed by atoms with Crippen LogP contribution in [0.1, 0.15) is 25.0 Å². The molecule has 3 rings (SSSR count). The van der Waals surface area contributed by atoms with Crippen LogP contribution in [0.15, 0.2) is 12.1 Å². The lowest BCUT2D eigenvalue weighted by atomic mass is 9.92. The lowest BCUT2D eigenvalue weighted by Gasteiger charge is -2.28. The normalized spacial score (nSPS) is 27.4. The zero-order chi connectivity index (χ0) is 11.1. The van der Waals surface area contributed by atoms with Crippen LogP contribution in [0.4, 0.5) is 0 Å². The number of hydrogen-bond acceptors (Lipinski definition) is 2. The first-order valence-corrected chi connectivity index (χ1v) is 6.14. The predicted molar refractivity (Wildman–Crippen MR) is 63.2 cm³/mol. The van der Waals surface area contributed by atoms with Crippen LogP contribution >= 0.6 is 0 Å². The van der Waals surface area contributed by atoms with E-state index in [9.17, 15) is 0 Å². The molecule has 0 saturated heterocycles. The second-order valence-electron chi connectivity index (χ2n) is 5.31. The Morgan fingerprint density at radius 1 is 0.875 bits per heavy atom. The molecule has 2 heterocycles. The van der Waals surface area contributed by atoms with E-state index in [4.69, 9.17) is 9.47 Å². The Balaban J connectivity index is 1.99. The van der Waals surface area contributed by atoms with Crippen molar-refractivity contribution in [2.45, 2.75) is 26.7 Å². The van der Waals surface area contributed by atoms with Crippen molar-refractivity contribution in [3.63, 3.8) is 0 Å². The molecule has 0 aliphatic carbocycles. The maximum atomic E-state index is 5.78. The molecule has 2 atom stereocenters. The summed E-state index contributed by atoms with van der Waals surface area (Å²) in [6.45, 7) is 6.15.